The van der Waals surface area contributed by atoms with Crippen LogP contribution in [0, 0.1) is 5.92 Å². The Hall–Kier alpha value is -2.11. The summed E-state index contributed by atoms with van der Waals surface area (Å²) in [5, 5.41) is 3.24. The van der Waals surface area contributed by atoms with Crippen LogP contribution in [-0.4, -0.2) is 39.9 Å². The lowest BCUT2D eigenvalue weighted by Gasteiger charge is -2.46. The summed E-state index contributed by atoms with van der Waals surface area (Å²) < 4.78 is 1.70. The first-order chi connectivity index (χ1) is 12.4. The fourth-order valence-corrected chi connectivity index (χ4v) is 5.18. The Balaban J connectivity index is 1.72. The number of hydrogen-bond donors (Lipinski definition) is 1. The first kappa shape index (κ1) is 17.3. The van der Waals surface area contributed by atoms with Gasteiger partial charge in [-0.15, -0.1) is 0 Å². The van der Waals surface area contributed by atoms with Gasteiger partial charge in [-0.2, -0.15) is 0 Å². The normalized spacial score (nSPS) is 29.2. The SMILES string of the molecule is CC(=O)N1C[C@H]2C[C@@H](C1)[C@H](C(=O)NC1(C)CCCC1)n1c2cccc1=O. The molecule has 0 radical (unpaired) electrons. The molecule has 2 fully saturated rings. The lowest BCUT2D eigenvalue weighted by molar-refractivity contribution is -0.136. The van der Waals surface area contributed by atoms with Gasteiger partial charge >= 0.3 is 0 Å². The second kappa shape index (κ2) is 6.25. The van der Waals surface area contributed by atoms with Crippen LogP contribution in [0.3, 0.4) is 0 Å². The summed E-state index contributed by atoms with van der Waals surface area (Å²) in [6.45, 7) is 4.84. The average molecular weight is 357 g/mol. The summed E-state index contributed by atoms with van der Waals surface area (Å²) in [5.41, 5.74) is 0.586. The van der Waals surface area contributed by atoms with E-state index in [9.17, 15) is 14.4 Å². The number of pyridine rings is 1. The van der Waals surface area contributed by atoms with Gasteiger partial charge < -0.3 is 10.2 Å². The lowest BCUT2D eigenvalue weighted by atomic mass is 9.78. The molecule has 26 heavy (non-hydrogen) atoms. The van der Waals surface area contributed by atoms with Gasteiger partial charge in [0.2, 0.25) is 11.8 Å². The molecule has 3 aliphatic rings. The summed E-state index contributed by atoms with van der Waals surface area (Å²) >= 11 is 0. The third kappa shape index (κ3) is 2.85. The van der Waals surface area contributed by atoms with Crippen LogP contribution in [0.5, 0.6) is 0 Å². The molecule has 0 spiro atoms. The number of nitrogens with one attached hydrogen (secondary N) is 1. The molecule has 0 aromatic carbocycles. The first-order valence-corrected chi connectivity index (χ1v) is 9.67. The van der Waals surface area contributed by atoms with Crippen molar-refractivity contribution < 1.29 is 9.59 Å². The van der Waals surface area contributed by atoms with Gasteiger partial charge in [-0.1, -0.05) is 18.9 Å². The molecule has 3 atom stereocenters. The van der Waals surface area contributed by atoms with Crippen LogP contribution in [-0.2, 0) is 9.59 Å². The molecule has 1 aromatic heterocycles. The number of aromatic nitrogens is 1. The average Bonchev–Trinajstić information content (AvgIpc) is 3.01. The third-order valence-corrected chi connectivity index (χ3v) is 6.49. The van der Waals surface area contributed by atoms with Gasteiger partial charge in [-0.05, 0) is 32.3 Å². The number of amides is 2. The molecule has 6 heteroatoms. The van der Waals surface area contributed by atoms with Crippen LogP contribution < -0.4 is 10.9 Å². The maximum absolute atomic E-state index is 13.3. The molecule has 2 bridgehead atoms. The van der Waals surface area contributed by atoms with Gasteiger partial charge in [0.15, 0.2) is 0 Å². The van der Waals surface area contributed by atoms with Crippen molar-refractivity contribution in [3.8, 4) is 0 Å². The van der Waals surface area contributed by atoms with Gasteiger partial charge in [0.05, 0.1) is 0 Å². The summed E-state index contributed by atoms with van der Waals surface area (Å²) in [6, 6.07) is 4.69. The van der Waals surface area contributed by atoms with Crippen molar-refractivity contribution in [3.63, 3.8) is 0 Å². The van der Waals surface area contributed by atoms with Gasteiger partial charge in [-0.25, -0.2) is 0 Å². The van der Waals surface area contributed by atoms with E-state index in [1.807, 2.05) is 11.0 Å². The van der Waals surface area contributed by atoms with E-state index >= 15 is 0 Å². The van der Waals surface area contributed by atoms with Crippen molar-refractivity contribution in [1.29, 1.82) is 0 Å². The molecular weight excluding hydrogens is 330 g/mol. The molecule has 1 saturated carbocycles. The van der Waals surface area contributed by atoms with Gasteiger partial charge in [-0.3, -0.25) is 19.0 Å². The topological polar surface area (TPSA) is 71.4 Å². The molecular formula is C20H27N3O3. The van der Waals surface area contributed by atoms with Gasteiger partial charge in [0.1, 0.15) is 6.04 Å². The second-order valence-electron chi connectivity index (χ2n) is 8.48. The molecule has 2 aliphatic heterocycles. The van der Waals surface area contributed by atoms with Crippen molar-refractivity contribution in [1.82, 2.24) is 14.8 Å². The quantitative estimate of drug-likeness (QED) is 0.877. The molecule has 1 aromatic rings. The molecule has 0 unspecified atom stereocenters. The minimum Gasteiger partial charge on any atom is -0.349 e. The molecule has 3 heterocycles. The molecule has 140 valence electrons. The molecule has 2 amide bonds. The summed E-state index contributed by atoms with van der Waals surface area (Å²) in [5.74, 6) is 0.0686. The zero-order valence-corrected chi connectivity index (χ0v) is 15.5. The number of likely N-dealkylation sites (tertiary alicyclic amines) is 1. The number of nitrogens with zero attached hydrogens (tertiary/aromatic N) is 2. The Kier molecular flexibility index (Phi) is 4.16. The van der Waals surface area contributed by atoms with Crippen molar-refractivity contribution in [3.05, 3.63) is 34.2 Å². The van der Waals surface area contributed by atoms with Crippen LogP contribution in [0.2, 0.25) is 0 Å². The lowest BCUT2D eigenvalue weighted by Crippen LogP contribution is -2.56. The molecule has 1 aliphatic carbocycles. The van der Waals surface area contributed by atoms with Crippen molar-refractivity contribution >= 4 is 11.8 Å². The predicted molar refractivity (Wildman–Crippen MR) is 97.9 cm³/mol. The van der Waals surface area contributed by atoms with E-state index in [0.29, 0.717) is 13.1 Å². The monoisotopic (exact) mass is 357 g/mol. The minimum absolute atomic E-state index is 0.0183. The summed E-state index contributed by atoms with van der Waals surface area (Å²) in [6.07, 6.45) is 5.06. The van der Waals surface area contributed by atoms with Crippen LogP contribution in [0.4, 0.5) is 0 Å². The molecule has 1 N–H and O–H groups in total. The zero-order chi connectivity index (χ0) is 18.5. The maximum Gasteiger partial charge on any atom is 0.251 e. The zero-order valence-electron chi connectivity index (χ0n) is 15.5. The predicted octanol–water partition coefficient (Wildman–Crippen LogP) is 1.80. The highest BCUT2D eigenvalue weighted by molar-refractivity contribution is 5.82. The standard InChI is InChI=1S/C20H27N3O3/c1-13(24)22-11-14-10-15(12-22)18(23-16(14)6-5-7-17(23)25)19(26)21-20(2)8-3-4-9-20/h5-7,14-15,18H,3-4,8-12H2,1-2H3,(H,21,26)/t14-,15+,18-/m1/s1. The van der Waals surface area contributed by atoms with E-state index in [2.05, 4.69) is 12.2 Å². The molecule has 6 nitrogen and oxygen atoms in total. The number of carbonyl (C=O) groups excluding carboxylic acids is 2. The first-order valence-electron chi connectivity index (χ1n) is 9.67. The highest BCUT2D eigenvalue weighted by atomic mass is 16.2. The summed E-state index contributed by atoms with van der Waals surface area (Å²) in [7, 11) is 0. The van der Waals surface area contributed by atoms with E-state index in [1.165, 1.54) is 6.07 Å². The number of piperidine rings is 1. The largest absolute Gasteiger partial charge is 0.349 e. The Morgan fingerprint density at radius 2 is 1.92 bits per heavy atom. The number of carbonyl (C=O) groups is 2. The van der Waals surface area contributed by atoms with Crippen molar-refractivity contribution in [2.75, 3.05) is 13.1 Å². The maximum atomic E-state index is 13.3. The molecule has 4 rings (SSSR count). The summed E-state index contributed by atoms with van der Waals surface area (Å²) in [4.78, 5) is 39.7. The van der Waals surface area contributed by atoms with Crippen LogP contribution in [0.1, 0.15) is 63.6 Å². The van der Waals surface area contributed by atoms with Crippen LogP contribution in [0.25, 0.3) is 0 Å². The van der Waals surface area contributed by atoms with E-state index in [4.69, 9.17) is 0 Å². The molecule has 1 saturated heterocycles. The highest BCUT2D eigenvalue weighted by Crippen LogP contribution is 2.41. The number of rotatable bonds is 2. The van der Waals surface area contributed by atoms with Crippen LogP contribution in [0.15, 0.2) is 23.0 Å². The van der Waals surface area contributed by atoms with Crippen LogP contribution >= 0.6 is 0 Å². The van der Waals surface area contributed by atoms with E-state index in [1.54, 1.807) is 17.6 Å². The Labute approximate surface area is 153 Å². The Bertz CT molecular complexity index is 794. The smallest absolute Gasteiger partial charge is 0.251 e. The third-order valence-electron chi connectivity index (χ3n) is 6.49. The highest BCUT2D eigenvalue weighted by Gasteiger charge is 2.45. The van der Waals surface area contributed by atoms with Crippen molar-refractivity contribution in [2.24, 2.45) is 5.92 Å². The minimum atomic E-state index is -0.533. The fraction of sp³-hybridized carbons (Fsp3) is 0.650. The number of hydrogen-bond acceptors (Lipinski definition) is 3. The van der Waals surface area contributed by atoms with E-state index in [-0.39, 0.29) is 34.7 Å². The Morgan fingerprint density at radius 1 is 1.19 bits per heavy atom. The Morgan fingerprint density at radius 3 is 2.62 bits per heavy atom. The van der Waals surface area contributed by atoms with Gasteiger partial charge in [0, 0.05) is 49.1 Å². The fourth-order valence-electron chi connectivity index (χ4n) is 5.18. The second-order valence-corrected chi connectivity index (χ2v) is 8.48. The number of fused-ring (bicyclic) bond motifs is 4. The van der Waals surface area contributed by atoms with Crippen molar-refractivity contribution in [2.45, 2.75) is 63.5 Å². The van der Waals surface area contributed by atoms with E-state index in [0.717, 1.165) is 37.8 Å². The van der Waals surface area contributed by atoms with Gasteiger partial charge in [0.25, 0.3) is 5.56 Å². The van der Waals surface area contributed by atoms with E-state index < -0.39 is 6.04 Å².